The van der Waals surface area contributed by atoms with Gasteiger partial charge < -0.3 is 15.2 Å². The molecule has 4 rings (SSSR count). The number of halogens is 3. The molecule has 2 heterocycles. The summed E-state index contributed by atoms with van der Waals surface area (Å²) in [5.41, 5.74) is 0. The molecular formula is C20H27F3N2O4S. The van der Waals surface area contributed by atoms with Crippen LogP contribution in [0.15, 0.2) is 12.1 Å². The molecule has 2 N–H and O–H groups in total. The van der Waals surface area contributed by atoms with Gasteiger partial charge in [-0.3, -0.25) is 9.69 Å². The van der Waals surface area contributed by atoms with Crippen LogP contribution < -0.4 is 5.32 Å². The fourth-order valence-corrected chi connectivity index (χ4v) is 4.84. The molecule has 3 fully saturated rings. The van der Waals surface area contributed by atoms with Gasteiger partial charge >= 0.3 is 12.1 Å². The number of morpholine rings is 1. The van der Waals surface area contributed by atoms with E-state index in [0.717, 1.165) is 45.0 Å². The number of aryl methyl sites for hydroxylation is 1. The third-order valence-corrected chi connectivity index (χ3v) is 6.67. The molecule has 0 bridgehead atoms. The Morgan fingerprint density at radius 2 is 2.00 bits per heavy atom. The number of carbonyl (C=O) groups excluding carboxylic acids is 1. The standard InChI is InChI=1S/C18H26N2O2S.C2HF3O2/c1-12-2-5-15(23-12)11-20-6-7-22-17-9-14(8-16(17)20)18(21)19-10-13-3-4-13;3-2(4,5)1(6)7/h2,5,13-14,16-17H,3-4,6-11H2,1H3,(H,19,21);(H,6,7)/t14-,16+,17+;/m0./s1. The lowest BCUT2D eigenvalue weighted by Gasteiger charge is -2.37. The Bertz CT molecular complexity index is 751. The van der Waals surface area contributed by atoms with Crippen molar-refractivity contribution in [3.8, 4) is 0 Å². The first kappa shape index (κ1) is 23.0. The molecule has 1 aliphatic heterocycles. The molecule has 168 valence electrons. The highest BCUT2D eigenvalue weighted by atomic mass is 32.1. The van der Waals surface area contributed by atoms with E-state index in [1.165, 1.54) is 22.6 Å². The van der Waals surface area contributed by atoms with Crippen molar-refractivity contribution in [2.45, 2.75) is 57.5 Å². The van der Waals surface area contributed by atoms with E-state index in [0.29, 0.717) is 6.04 Å². The van der Waals surface area contributed by atoms with Crippen molar-refractivity contribution < 1.29 is 32.6 Å². The van der Waals surface area contributed by atoms with Gasteiger partial charge in [-0.05, 0) is 50.7 Å². The molecule has 3 atom stereocenters. The summed E-state index contributed by atoms with van der Waals surface area (Å²) in [5, 5.41) is 10.3. The molecule has 6 nitrogen and oxygen atoms in total. The third kappa shape index (κ3) is 6.42. The summed E-state index contributed by atoms with van der Waals surface area (Å²) in [4.78, 5) is 26.6. The predicted molar refractivity (Wildman–Crippen MR) is 105 cm³/mol. The van der Waals surface area contributed by atoms with Gasteiger partial charge in [0.15, 0.2) is 0 Å². The van der Waals surface area contributed by atoms with Gasteiger partial charge in [0.1, 0.15) is 0 Å². The molecule has 0 radical (unpaired) electrons. The van der Waals surface area contributed by atoms with E-state index < -0.39 is 12.1 Å². The lowest BCUT2D eigenvalue weighted by atomic mass is 10.1. The molecule has 0 spiro atoms. The second-order valence-electron chi connectivity index (χ2n) is 8.12. The zero-order chi connectivity index (χ0) is 21.9. The van der Waals surface area contributed by atoms with Gasteiger partial charge in [-0.1, -0.05) is 0 Å². The Kier molecular flexibility index (Phi) is 7.41. The molecule has 10 heteroatoms. The fraction of sp³-hybridized carbons (Fsp3) is 0.700. The molecule has 1 aromatic heterocycles. The number of amides is 1. The van der Waals surface area contributed by atoms with Crippen molar-refractivity contribution in [2.75, 3.05) is 19.7 Å². The summed E-state index contributed by atoms with van der Waals surface area (Å²) < 4.78 is 37.7. The summed E-state index contributed by atoms with van der Waals surface area (Å²) >= 11 is 1.88. The predicted octanol–water partition coefficient (Wildman–Crippen LogP) is 3.20. The number of alkyl halides is 3. The molecule has 1 amide bonds. The SMILES string of the molecule is Cc1ccc(CN2CCO[C@@H]3C[C@@H](C(=O)NCC4CC4)C[C@H]32)s1.O=C(O)C(F)(F)F. The maximum Gasteiger partial charge on any atom is 0.490 e. The molecule has 3 aliphatic rings. The number of nitrogens with one attached hydrogen (secondary N) is 1. The van der Waals surface area contributed by atoms with Gasteiger partial charge in [-0.2, -0.15) is 13.2 Å². The number of carbonyl (C=O) groups is 2. The number of rotatable bonds is 5. The lowest BCUT2D eigenvalue weighted by Crippen LogP contribution is -2.47. The normalized spacial score (nSPS) is 26.5. The van der Waals surface area contributed by atoms with Crippen molar-refractivity contribution in [1.82, 2.24) is 10.2 Å². The van der Waals surface area contributed by atoms with Crippen LogP contribution in [0, 0.1) is 18.8 Å². The van der Waals surface area contributed by atoms with Crippen LogP contribution in [0.25, 0.3) is 0 Å². The van der Waals surface area contributed by atoms with Crippen LogP contribution in [0.1, 0.15) is 35.4 Å². The Balaban J connectivity index is 0.000000318. The molecule has 30 heavy (non-hydrogen) atoms. The molecular weight excluding hydrogens is 421 g/mol. The summed E-state index contributed by atoms with van der Waals surface area (Å²) in [6.45, 7) is 5.81. The van der Waals surface area contributed by atoms with E-state index in [-0.39, 0.29) is 17.9 Å². The minimum Gasteiger partial charge on any atom is -0.475 e. The number of ether oxygens (including phenoxy) is 1. The minimum atomic E-state index is -5.08. The molecule has 2 aliphatic carbocycles. The first-order chi connectivity index (χ1) is 14.1. The average molecular weight is 449 g/mol. The minimum absolute atomic E-state index is 0.134. The van der Waals surface area contributed by atoms with Crippen molar-refractivity contribution >= 4 is 23.2 Å². The largest absolute Gasteiger partial charge is 0.490 e. The first-order valence-corrected chi connectivity index (χ1v) is 10.9. The summed E-state index contributed by atoms with van der Waals surface area (Å²) in [6, 6.07) is 4.84. The highest BCUT2D eigenvalue weighted by molar-refractivity contribution is 7.11. The fourth-order valence-electron chi connectivity index (χ4n) is 3.92. The van der Waals surface area contributed by atoms with Crippen LogP contribution in [-0.2, 0) is 20.9 Å². The summed E-state index contributed by atoms with van der Waals surface area (Å²) in [5.74, 6) is -1.62. The number of fused-ring (bicyclic) bond motifs is 1. The summed E-state index contributed by atoms with van der Waals surface area (Å²) in [7, 11) is 0. The molecule has 1 aromatic rings. The van der Waals surface area contributed by atoms with Crippen molar-refractivity contribution in [3.63, 3.8) is 0 Å². The molecule has 0 unspecified atom stereocenters. The Morgan fingerprint density at radius 3 is 2.57 bits per heavy atom. The van der Waals surface area contributed by atoms with Crippen LogP contribution in [0.4, 0.5) is 13.2 Å². The van der Waals surface area contributed by atoms with Crippen LogP contribution >= 0.6 is 11.3 Å². The van der Waals surface area contributed by atoms with E-state index >= 15 is 0 Å². The first-order valence-electron chi connectivity index (χ1n) is 10.1. The number of hydrogen-bond acceptors (Lipinski definition) is 5. The van der Waals surface area contributed by atoms with Gasteiger partial charge in [-0.25, -0.2) is 4.79 Å². The van der Waals surface area contributed by atoms with Crippen LogP contribution in [0.2, 0.25) is 0 Å². The zero-order valence-electron chi connectivity index (χ0n) is 16.8. The number of thiophene rings is 1. The highest BCUT2D eigenvalue weighted by Gasteiger charge is 2.43. The number of nitrogens with zero attached hydrogens (tertiary/aromatic N) is 1. The molecule has 0 aromatic carbocycles. The monoisotopic (exact) mass is 448 g/mol. The average Bonchev–Trinajstić information content (AvgIpc) is 3.25. The van der Waals surface area contributed by atoms with Gasteiger partial charge in [0, 0.05) is 41.3 Å². The van der Waals surface area contributed by atoms with E-state index in [9.17, 15) is 18.0 Å². The van der Waals surface area contributed by atoms with Crippen molar-refractivity contribution in [3.05, 3.63) is 21.9 Å². The topological polar surface area (TPSA) is 78.9 Å². The van der Waals surface area contributed by atoms with E-state index in [2.05, 4.69) is 29.3 Å². The number of carboxylic acids is 1. The third-order valence-electron chi connectivity index (χ3n) is 5.68. The zero-order valence-corrected chi connectivity index (χ0v) is 17.6. The van der Waals surface area contributed by atoms with Gasteiger partial charge in [0.2, 0.25) is 5.91 Å². The Labute approximate surface area is 177 Å². The van der Waals surface area contributed by atoms with E-state index in [1.54, 1.807) is 0 Å². The second-order valence-corrected chi connectivity index (χ2v) is 9.49. The lowest BCUT2D eigenvalue weighted by molar-refractivity contribution is -0.192. The van der Waals surface area contributed by atoms with Crippen molar-refractivity contribution in [1.29, 1.82) is 0 Å². The number of carboxylic acid groups (broad SMARTS) is 1. The number of hydrogen-bond donors (Lipinski definition) is 2. The Hall–Kier alpha value is -1.65. The van der Waals surface area contributed by atoms with Crippen LogP contribution in [0.5, 0.6) is 0 Å². The summed E-state index contributed by atoms with van der Waals surface area (Å²) in [6.07, 6.45) is -0.436. The van der Waals surface area contributed by atoms with Crippen molar-refractivity contribution in [2.24, 2.45) is 11.8 Å². The number of aliphatic carboxylic acids is 1. The van der Waals surface area contributed by atoms with Crippen LogP contribution in [-0.4, -0.2) is 59.9 Å². The van der Waals surface area contributed by atoms with E-state index in [1.807, 2.05) is 11.3 Å². The highest BCUT2D eigenvalue weighted by Crippen LogP contribution is 2.36. The van der Waals surface area contributed by atoms with E-state index in [4.69, 9.17) is 14.6 Å². The molecule has 1 saturated heterocycles. The van der Waals surface area contributed by atoms with Gasteiger partial charge in [-0.15, -0.1) is 11.3 Å². The Morgan fingerprint density at radius 1 is 1.30 bits per heavy atom. The van der Waals surface area contributed by atoms with Gasteiger partial charge in [0.25, 0.3) is 0 Å². The maximum atomic E-state index is 12.4. The smallest absolute Gasteiger partial charge is 0.475 e. The van der Waals surface area contributed by atoms with Crippen LogP contribution in [0.3, 0.4) is 0 Å². The van der Waals surface area contributed by atoms with Gasteiger partial charge in [0.05, 0.1) is 12.7 Å². The molecule has 2 saturated carbocycles. The second kappa shape index (κ2) is 9.65. The maximum absolute atomic E-state index is 12.4. The quantitative estimate of drug-likeness (QED) is 0.723.